The van der Waals surface area contributed by atoms with Crippen molar-refractivity contribution in [2.45, 2.75) is 39.7 Å². The van der Waals surface area contributed by atoms with Crippen LogP contribution in [0.5, 0.6) is 0 Å². The second-order valence-corrected chi connectivity index (χ2v) is 7.68. The van der Waals surface area contributed by atoms with Crippen molar-refractivity contribution in [2.75, 3.05) is 39.8 Å². The van der Waals surface area contributed by atoms with Gasteiger partial charge in [-0.25, -0.2) is 0 Å². The summed E-state index contributed by atoms with van der Waals surface area (Å²) in [5.74, 6) is 0.122. The van der Waals surface area contributed by atoms with Gasteiger partial charge in [0.2, 0.25) is 5.91 Å². The summed E-state index contributed by atoms with van der Waals surface area (Å²) in [5.41, 5.74) is 4.59. The summed E-state index contributed by atoms with van der Waals surface area (Å²) in [6.07, 6.45) is 1.40. The molecule has 1 aromatic heterocycles. The lowest BCUT2D eigenvalue weighted by atomic mass is 10.0. The number of aromatic nitrogens is 1. The van der Waals surface area contributed by atoms with Crippen LogP contribution >= 0.6 is 0 Å². The Bertz CT molecular complexity index is 759. The first-order chi connectivity index (χ1) is 12.5. The maximum Gasteiger partial charge on any atom is 0.224 e. The summed E-state index contributed by atoms with van der Waals surface area (Å²) < 4.78 is 0. The van der Waals surface area contributed by atoms with E-state index in [1.54, 1.807) is 0 Å². The Morgan fingerprint density at radius 1 is 1.23 bits per heavy atom. The Morgan fingerprint density at radius 3 is 2.65 bits per heavy atom. The Morgan fingerprint density at radius 2 is 1.96 bits per heavy atom. The number of hydrogen-bond acceptors (Lipinski definition) is 3. The summed E-state index contributed by atoms with van der Waals surface area (Å²) in [4.78, 5) is 21.0. The molecular formula is C21H32N4O. The molecule has 0 bridgehead atoms. The zero-order valence-corrected chi connectivity index (χ0v) is 16.6. The molecule has 1 aromatic carbocycles. The monoisotopic (exact) mass is 356 g/mol. The minimum absolute atomic E-state index is 0.122. The lowest BCUT2D eigenvalue weighted by Gasteiger charge is -2.34. The Hall–Kier alpha value is -1.85. The normalized spacial score (nSPS) is 17.5. The van der Waals surface area contributed by atoms with E-state index in [1.165, 1.54) is 10.9 Å². The number of piperazine rings is 1. The first-order valence-corrected chi connectivity index (χ1v) is 9.75. The van der Waals surface area contributed by atoms with Crippen LogP contribution in [0.15, 0.2) is 18.2 Å². The number of para-hydroxylation sites is 1. The molecule has 3 rings (SSSR count). The van der Waals surface area contributed by atoms with Gasteiger partial charge in [0.15, 0.2) is 0 Å². The van der Waals surface area contributed by atoms with Gasteiger partial charge in [0, 0.05) is 55.4 Å². The number of hydrogen-bond donors (Lipinski definition) is 2. The van der Waals surface area contributed by atoms with Crippen molar-refractivity contribution in [3.8, 4) is 0 Å². The third-order valence-electron chi connectivity index (χ3n) is 5.63. The minimum Gasteiger partial charge on any atom is -0.358 e. The fraction of sp³-hybridized carbons (Fsp3) is 0.571. The van der Waals surface area contributed by atoms with Gasteiger partial charge in [-0.3, -0.25) is 9.69 Å². The van der Waals surface area contributed by atoms with Crippen molar-refractivity contribution in [1.82, 2.24) is 20.1 Å². The molecule has 2 heterocycles. The van der Waals surface area contributed by atoms with Crippen molar-refractivity contribution < 1.29 is 4.79 Å². The maximum atomic E-state index is 12.7. The number of carbonyl (C=O) groups is 1. The number of H-pyrrole nitrogens is 1. The molecule has 5 heteroatoms. The van der Waals surface area contributed by atoms with Crippen LogP contribution in [0.3, 0.4) is 0 Å². The summed E-state index contributed by atoms with van der Waals surface area (Å²) >= 11 is 0. The molecule has 1 amide bonds. The second-order valence-electron chi connectivity index (χ2n) is 7.68. The Balaban J connectivity index is 1.62. The average molecular weight is 357 g/mol. The van der Waals surface area contributed by atoms with Crippen molar-refractivity contribution >= 4 is 16.8 Å². The first-order valence-electron chi connectivity index (χ1n) is 9.75. The Kier molecular flexibility index (Phi) is 5.99. The smallest absolute Gasteiger partial charge is 0.224 e. The van der Waals surface area contributed by atoms with E-state index < -0.39 is 0 Å². The van der Waals surface area contributed by atoms with Gasteiger partial charge < -0.3 is 15.2 Å². The van der Waals surface area contributed by atoms with E-state index in [2.05, 4.69) is 66.1 Å². The van der Waals surface area contributed by atoms with E-state index in [1.807, 2.05) is 0 Å². The minimum atomic E-state index is 0.122. The van der Waals surface area contributed by atoms with Crippen LogP contribution in [0.2, 0.25) is 0 Å². The standard InChI is InChI=1S/C21H32N4O/c1-5-17(14-25-11-9-24(4)10-12-25)23-20(26)13-19-16(3)22-21-15(2)7-6-8-18(19)21/h6-8,17,22H,5,9-14H2,1-4H3,(H,23,26). The number of benzene rings is 1. The largest absolute Gasteiger partial charge is 0.358 e. The zero-order valence-electron chi connectivity index (χ0n) is 16.6. The van der Waals surface area contributed by atoms with Gasteiger partial charge in [-0.2, -0.15) is 0 Å². The molecule has 0 aliphatic carbocycles. The number of carbonyl (C=O) groups excluding carboxylic acids is 1. The third kappa shape index (κ3) is 4.27. The molecule has 2 N–H and O–H groups in total. The van der Waals surface area contributed by atoms with E-state index in [-0.39, 0.29) is 11.9 Å². The Labute approximate surface area is 156 Å². The number of amides is 1. The number of nitrogens with zero attached hydrogens (tertiary/aromatic N) is 2. The van der Waals surface area contributed by atoms with E-state index in [0.29, 0.717) is 6.42 Å². The molecule has 1 fully saturated rings. The quantitative estimate of drug-likeness (QED) is 0.836. The molecule has 1 aliphatic heterocycles. The summed E-state index contributed by atoms with van der Waals surface area (Å²) in [6, 6.07) is 6.49. The highest BCUT2D eigenvalue weighted by atomic mass is 16.1. The van der Waals surface area contributed by atoms with Crippen LogP contribution in [-0.2, 0) is 11.2 Å². The number of nitrogens with one attached hydrogen (secondary N) is 2. The van der Waals surface area contributed by atoms with Crippen LogP contribution in [-0.4, -0.2) is 66.5 Å². The number of rotatable bonds is 6. The van der Waals surface area contributed by atoms with Crippen LogP contribution in [0, 0.1) is 13.8 Å². The molecular weight excluding hydrogens is 324 g/mol. The summed E-state index contributed by atoms with van der Waals surface area (Å²) in [7, 11) is 2.17. The lowest BCUT2D eigenvalue weighted by molar-refractivity contribution is -0.121. The molecule has 1 atom stereocenters. The number of aromatic amines is 1. The molecule has 1 aliphatic rings. The van der Waals surface area contributed by atoms with Crippen molar-refractivity contribution in [2.24, 2.45) is 0 Å². The first kappa shape index (κ1) is 18.9. The third-order valence-corrected chi connectivity index (χ3v) is 5.63. The summed E-state index contributed by atoms with van der Waals surface area (Å²) in [6.45, 7) is 11.7. The van der Waals surface area contributed by atoms with Gasteiger partial charge in [0.25, 0.3) is 0 Å². The van der Waals surface area contributed by atoms with Crippen molar-refractivity contribution in [3.63, 3.8) is 0 Å². The highest BCUT2D eigenvalue weighted by Gasteiger charge is 2.20. The topological polar surface area (TPSA) is 51.4 Å². The second kappa shape index (κ2) is 8.23. The van der Waals surface area contributed by atoms with Crippen molar-refractivity contribution in [1.29, 1.82) is 0 Å². The van der Waals surface area contributed by atoms with Crippen LogP contribution in [0.25, 0.3) is 10.9 Å². The van der Waals surface area contributed by atoms with Crippen LogP contribution < -0.4 is 5.32 Å². The molecule has 2 aromatic rings. The van der Waals surface area contributed by atoms with Crippen molar-refractivity contribution in [3.05, 3.63) is 35.0 Å². The van der Waals surface area contributed by atoms with Gasteiger partial charge in [-0.05, 0) is 38.4 Å². The van der Waals surface area contributed by atoms with Gasteiger partial charge in [0.05, 0.1) is 6.42 Å². The van der Waals surface area contributed by atoms with Crippen LogP contribution in [0.1, 0.15) is 30.2 Å². The fourth-order valence-electron chi connectivity index (χ4n) is 3.84. The number of fused-ring (bicyclic) bond motifs is 1. The molecule has 0 radical (unpaired) electrons. The maximum absolute atomic E-state index is 12.7. The van der Waals surface area contributed by atoms with Crippen LogP contribution in [0.4, 0.5) is 0 Å². The molecule has 0 spiro atoms. The predicted molar refractivity (Wildman–Crippen MR) is 108 cm³/mol. The molecule has 142 valence electrons. The highest BCUT2D eigenvalue weighted by molar-refractivity contribution is 5.91. The SMILES string of the molecule is CCC(CN1CCN(C)CC1)NC(=O)Cc1c(C)[nH]c2c(C)cccc12. The fourth-order valence-corrected chi connectivity index (χ4v) is 3.84. The zero-order chi connectivity index (χ0) is 18.7. The molecule has 1 saturated heterocycles. The molecule has 1 unspecified atom stereocenters. The van der Waals surface area contributed by atoms with E-state index >= 15 is 0 Å². The van der Waals surface area contributed by atoms with Gasteiger partial charge in [-0.1, -0.05) is 25.1 Å². The van der Waals surface area contributed by atoms with Gasteiger partial charge in [0.1, 0.15) is 0 Å². The highest BCUT2D eigenvalue weighted by Crippen LogP contribution is 2.25. The van der Waals surface area contributed by atoms with Gasteiger partial charge in [-0.15, -0.1) is 0 Å². The number of aryl methyl sites for hydroxylation is 2. The lowest BCUT2D eigenvalue weighted by Crippen LogP contribution is -2.50. The summed E-state index contributed by atoms with van der Waals surface area (Å²) in [5, 5.41) is 4.43. The average Bonchev–Trinajstić information content (AvgIpc) is 2.93. The molecule has 0 saturated carbocycles. The molecule has 5 nitrogen and oxygen atoms in total. The molecule has 26 heavy (non-hydrogen) atoms. The number of likely N-dealkylation sites (N-methyl/N-ethyl adjacent to an activating group) is 1. The van der Waals surface area contributed by atoms with Gasteiger partial charge >= 0.3 is 0 Å². The predicted octanol–water partition coefficient (Wildman–Crippen LogP) is 2.47. The van der Waals surface area contributed by atoms with E-state index in [9.17, 15) is 4.79 Å². The van der Waals surface area contributed by atoms with E-state index in [0.717, 1.165) is 55.9 Å². The van der Waals surface area contributed by atoms with E-state index in [4.69, 9.17) is 0 Å².